The monoisotopic (exact) mass is 388 g/mol. The molecule has 28 heavy (non-hydrogen) atoms. The highest BCUT2D eigenvalue weighted by Gasteiger charge is 2.26. The molecule has 2 rings (SSSR count). The molecule has 2 aromatic rings. The molecule has 1 aromatic heterocycles. The van der Waals surface area contributed by atoms with Crippen LogP contribution in [0, 0.1) is 0 Å². The van der Waals surface area contributed by atoms with Gasteiger partial charge in [-0.25, -0.2) is 0 Å². The van der Waals surface area contributed by atoms with Gasteiger partial charge in [0.05, 0.1) is 0 Å². The van der Waals surface area contributed by atoms with Crippen LogP contribution in [0.15, 0.2) is 30.5 Å². The van der Waals surface area contributed by atoms with E-state index in [4.69, 9.17) is 5.11 Å². The first-order valence-corrected chi connectivity index (χ1v) is 8.84. The summed E-state index contributed by atoms with van der Waals surface area (Å²) in [5.74, 6) is -2.72. The molecule has 0 bridgehead atoms. The second-order valence-electron chi connectivity index (χ2n) is 6.62. The molecule has 0 aliphatic rings. The van der Waals surface area contributed by atoms with Crippen molar-refractivity contribution in [2.75, 3.05) is 0 Å². The lowest BCUT2D eigenvalue weighted by molar-refractivity contribution is -0.141. The minimum Gasteiger partial charge on any atom is -0.480 e. The van der Waals surface area contributed by atoms with Crippen LogP contribution in [0.2, 0.25) is 0 Å². The number of carboxylic acid groups (broad SMARTS) is 1. The summed E-state index contributed by atoms with van der Waals surface area (Å²) in [7, 11) is 0. The summed E-state index contributed by atoms with van der Waals surface area (Å²) in [6, 6.07) is 4.65. The van der Waals surface area contributed by atoms with Crippen LogP contribution in [0.25, 0.3) is 10.9 Å². The fourth-order valence-electron chi connectivity index (χ4n) is 2.75. The zero-order valence-electron chi connectivity index (χ0n) is 15.9. The molecule has 0 aliphatic carbocycles. The van der Waals surface area contributed by atoms with Crippen LogP contribution in [0.1, 0.15) is 26.3 Å². The van der Waals surface area contributed by atoms with Crippen molar-refractivity contribution >= 4 is 34.6 Å². The van der Waals surface area contributed by atoms with Gasteiger partial charge >= 0.3 is 5.97 Å². The molecule has 3 unspecified atom stereocenters. The molecule has 150 valence electrons. The van der Waals surface area contributed by atoms with E-state index in [1.54, 1.807) is 6.20 Å². The summed E-state index contributed by atoms with van der Waals surface area (Å²) in [6.07, 6.45) is 2.01. The molecule has 9 heteroatoms. The van der Waals surface area contributed by atoms with Crippen molar-refractivity contribution in [2.45, 2.75) is 45.3 Å². The van der Waals surface area contributed by atoms with E-state index >= 15 is 0 Å². The van der Waals surface area contributed by atoms with E-state index in [0.717, 1.165) is 16.5 Å². The number of hydrogen-bond acceptors (Lipinski definition) is 4. The number of amides is 3. The Morgan fingerprint density at radius 3 is 2.29 bits per heavy atom. The number of carboxylic acids is 1. The number of carbonyl (C=O) groups excluding carboxylic acids is 3. The molecule has 1 aromatic carbocycles. The fraction of sp³-hybridized carbons (Fsp3) is 0.368. The third-order valence-electron chi connectivity index (χ3n) is 4.27. The summed E-state index contributed by atoms with van der Waals surface area (Å²) in [6.45, 7) is 4.07. The number of fused-ring (bicyclic) bond motifs is 1. The zero-order valence-corrected chi connectivity index (χ0v) is 15.9. The van der Waals surface area contributed by atoms with E-state index in [2.05, 4.69) is 20.9 Å². The first-order chi connectivity index (χ1) is 13.2. The standard InChI is InChI=1S/C19H24N4O5/c1-10(17(25)22-11(2)19(27)28)21-18(26)16(23-12(3)24)8-13-9-20-15-7-5-4-6-14(13)15/h4-7,9-11,16,20H,8H2,1-3H3,(H,21,26)(H,22,25)(H,23,24)(H,27,28). The number of H-pyrrole nitrogens is 1. The van der Waals surface area contributed by atoms with Gasteiger partial charge in [0.15, 0.2) is 0 Å². The number of aromatic nitrogens is 1. The normalized spacial score (nSPS) is 14.0. The molecular formula is C19H24N4O5. The van der Waals surface area contributed by atoms with E-state index < -0.39 is 35.9 Å². The largest absolute Gasteiger partial charge is 0.480 e. The summed E-state index contributed by atoms with van der Waals surface area (Å²) >= 11 is 0. The van der Waals surface area contributed by atoms with Crippen molar-refractivity contribution < 1.29 is 24.3 Å². The maximum atomic E-state index is 12.6. The van der Waals surface area contributed by atoms with Gasteiger partial charge in [-0.2, -0.15) is 0 Å². The molecule has 3 atom stereocenters. The lowest BCUT2D eigenvalue weighted by Gasteiger charge is -2.21. The van der Waals surface area contributed by atoms with Crippen molar-refractivity contribution in [3.8, 4) is 0 Å². The second kappa shape index (κ2) is 9.03. The van der Waals surface area contributed by atoms with Crippen LogP contribution in [0.5, 0.6) is 0 Å². The molecule has 0 fully saturated rings. The number of aromatic amines is 1. The topological polar surface area (TPSA) is 140 Å². The summed E-state index contributed by atoms with van der Waals surface area (Å²) in [5.41, 5.74) is 1.76. The first-order valence-electron chi connectivity index (χ1n) is 8.84. The highest BCUT2D eigenvalue weighted by Crippen LogP contribution is 2.19. The van der Waals surface area contributed by atoms with Crippen molar-refractivity contribution in [3.63, 3.8) is 0 Å². The van der Waals surface area contributed by atoms with Crippen LogP contribution in [-0.4, -0.2) is 51.9 Å². The molecule has 3 amide bonds. The number of para-hydroxylation sites is 1. The lowest BCUT2D eigenvalue weighted by Crippen LogP contribution is -2.54. The molecule has 0 saturated heterocycles. The first kappa shape index (κ1) is 20.9. The predicted molar refractivity (Wildman–Crippen MR) is 102 cm³/mol. The Morgan fingerprint density at radius 1 is 1.00 bits per heavy atom. The van der Waals surface area contributed by atoms with Gasteiger partial charge < -0.3 is 26.0 Å². The summed E-state index contributed by atoms with van der Waals surface area (Å²) in [5, 5.41) is 17.2. The van der Waals surface area contributed by atoms with E-state index in [0.29, 0.717) is 0 Å². The Balaban J connectivity index is 2.09. The Hall–Kier alpha value is -3.36. The minimum absolute atomic E-state index is 0.231. The molecule has 5 N–H and O–H groups in total. The molecule has 0 saturated carbocycles. The number of rotatable bonds is 8. The molecule has 0 spiro atoms. The quantitative estimate of drug-likeness (QED) is 0.443. The van der Waals surface area contributed by atoms with Crippen LogP contribution < -0.4 is 16.0 Å². The van der Waals surface area contributed by atoms with E-state index in [1.807, 2.05) is 24.3 Å². The Labute approximate surface area is 161 Å². The highest BCUT2D eigenvalue weighted by atomic mass is 16.4. The smallest absolute Gasteiger partial charge is 0.325 e. The number of nitrogens with one attached hydrogen (secondary N) is 4. The Bertz CT molecular complexity index is 891. The van der Waals surface area contributed by atoms with Gasteiger partial charge in [-0.15, -0.1) is 0 Å². The van der Waals surface area contributed by atoms with Crippen molar-refractivity contribution in [3.05, 3.63) is 36.0 Å². The van der Waals surface area contributed by atoms with Gasteiger partial charge in [0.2, 0.25) is 17.7 Å². The van der Waals surface area contributed by atoms with E-state index in [-0.39, 0.29) is 12.3 Å². The van der Waals surface area contributed by atoms with Crippen molar-refractivity contribution in [2.24, 2.45) is 0 Å². The highest BCUT2D eigenvalue weighted by molar-refractivity contribution is 5.93. The van der Waals surface area contributed by atoms with Crippen LogP contribution >= 0.6 is 0 Å². The Kier molecular flexibility index (Phi) is 6.75. The second-order valence-corrected chi connectivity index (χ2v) is 6.62. The maximum Gasteiger partial charge on any atom is 0.325 e. The molecular weight excluding hydrogens is 364 g/mol. The molecule has 9 nitrogen and oxygen atoms in total. The van der Waals surface area contributed by atoms with Crippen LogP contribution in [0.3, 0.4) is 0 Å². The fourth-order valence-corrected chi connectivity index (χ4v) is 2.75. The SMILES string of the molecule is CC(=O)NC(Cc1c[nH]c2ccccc12)C(=O)NC(C)C(=O)NC(C)C(=O)O. The number of aliphatic carboxylic acids is 1. The summed E-state index contributed by atoms with van der Waals surface area (Å²) in [4.78, 5) is 50.2. The van der Waals surface area contributed by atoms with Crippen molar-refractivity contribution in [1.29, 1.82) is 0 Å². The molecule has 0 aliphatic heterocycles. The number of hydrogen-bond donors (Lipinski definition) is 5. The van der Waals surface area contributed by atoms with Gasteiger partial charge in [-0.1, -0.05) is 18.2 Å². The molecule has 1 heterocycles. The van der Waals surface area contributed by atoms with Crippen LogP contribution in [0.4, 0.5) is 0 Å². The van der Waals surface area contributed by atoms with Gasteiger partial charge in [-0.3, -0.25) is 19.2 Å². The predicted octanol–water partition coefficient (Wildman–Crippen LogP) is 0.309. The zero-order chi connectivity index (χ0) is 20.8. The average Bonchev–Trinajstić information content (AvgIpc) is 3.03. The third kappa shape index (κ3) is 5.32. The summed E-state index contributed by atoms with van der Waals surface area (Å²) < 4.78 is 0. The molecule has 0 radical (unpaired) electrons. The average molecular weight is 388 g/mol. The van der Waals surface area contributed by atoms with Gasteiger partial charge in [-0.05, 0) is 25.5 Å². The Morgan fingerprint density at radius 2 is 1.64 bits per heavy atom. The van der Waals surface area contributed by atoms with Gasteiger partial charge in [0.25, 0.3) is 0 Å². The number of benzene rings is 1. The van der Waals surface area contributed by atoms with E-state index in [1.165, 1.54) is 20.8 Å². The van der Waals surface area contributed by atoms with Crippen LogP contribution in [-0.2, 0) is 25.6 Å². The van der Waals surface area contributed by atoms with Gasteiger partial charge in [0.1, 0.15) is 18.1 Å². The van der Waals surface area contributed by atoms with Crippen molar-refractivity contribution in [1.82, 2.24) is 20.9 Å². The lowest BCUT2D eigenvalue weighted by atomic mass is 10.0. The maximum absolute atomic E-state index is 12.6. The van der Waals surface area contributed by atoms with Gasteiger partial charge in [0, 0.05) is 30.4 Å². The van der Waals surface area contributed by atoms with E-state index in [9.17, 15) is 19.2 Å². The third-order valence-corrected chi connectivity index (χ3v) is 4.27. The minimum atomic E-state index is -1.18. The number of carbonyl (C=O) groups is 4.